The van der Waals surface area contributed by atoms with E-state index in [0.29, 0.717) is 25.2 Å². The first-order chi connectivity index (χ1) is 8.24. The van der Waals surface area contributed by atoms with Crippen LogP contribution in [0, 0.1) is 0 Å². The van der Waals surface area contributed by atoms with Crippen molar-refractivity contribution in [3.63, 3.8) is 0 Å². The number of carbonyl (C=O) groups excluding carboxylic acids is 1. The lowest BCUT2D eigenvalue weighted by Crippen LogP contribution is -2.51. The van der Waals surface area contributed by atoms with Crippen LogP contribution in [0.5, 0.6) is 5.75 Å². The summed E-state index contributed by atoms with van der Waals surface area (Å²) in [5.74, 6) is 0.0249. The number of amides is 1. The first kappa shape index (κ1) is 11.9. The van der Waals surface area contributed by atoms with Crippen molar-refractivity contribution in [3.8, 4) is 5.75 Å². The zero-order valence-electron chi connectivity index (χ0n) is 9.54. The summed E-state index contributed by atoms with van der Waals surface area (Å²) in [6.07, 6.45) is 1.25. The van der Waals surface area contributed by atoms with Crippen molar-refractivity contribution in [2.45, 2.75) is 12.8 Å². The predicted octanol–water partition coefficient (Wildman–Crippen LogP) is 0.728. The maximum Gasteiger partial charge on any atom is 0.241 e. The Balaban J connectivity index is 2.31. The normalized spacial score (nSPS) is 17.5. The number of aliphatic hydroxyl groups excluding tert-OH is 1. The Morgan fingerprint density at radius 3 is 2.76 bits per heavy atom. The molecule has 0 aromatic heterocycles. The first-order valence-electron chi connectivity index (χ1n) is 5.70. The third kappa shape index (κ3) is 2.40. The van der Waals surface area contributed by atoms with E-state index in [0.717, 1.165) is 6.42 Å². The number of hydrogen-bond donors (Lipinski definition) is 2. The standard InChI is InChI=1S/C12H16N2O3/c15-9-8-13-7-3-6-12(17)14(13)10-4-1-2-5-11(10)16/h1-2,4-5,15-16H,3,6-9H2. The number of para-hydroxylation sites is 2. The highest BCUT2D eigenvalue weighted by Gasteiger charge is 2.28. The lowest BCUT2D eigenvalue weighted by atomic mass is 10.2. The molecular weight excluding hydrogens is 220 g/mol. The molecule has 1 aliphatic rings. The van der Waals surface area contributed by atoms with E-state index in [9.17, 15) is 9.90 Å². The molecule has 0 saturated carbocycles. The molecule has 92 valence electrons. The number of anilines is 1. The third-order valence-electron chi connectivity index (χ3n) is 2.79. The van der Waals surface area contributed by atoms with Gasteiger partial charge in [-0.1, -0.05) is 12.1 Å². The minimum absolute atomic E-state index is 0.0165. The number of aliphatic hydroxyl groups is 1. The molecule has 0 aliphatic carbocycles. The van der Waals surface area contributed by atoms with Gasteiger partial charge in [0.2, 0.25) is 5.91 Å². The van der Waals surface area contributed by atoms with Gasteiger partial charge >= 0.3 is 0 Å². The first-order valence-corrected chi connectivity index (χ1v) is 5.70. The van der Waals surface area contributed by atoms with Gasteiger partial charge in [-0.25, -0.2) is 10.0 Å². The second-order valence-corrected chi connectivity index (χ2v) is 3.98. The average Bonchev–Trinajstić information content (AvgIpc) is 2.31. The summed E-state index contributed by atoms with van der Waals surface area (Å²) in [4.78, 5) is 11.9. The van der Waals surface area contributed by atoms with Gasteiger partial charge in [0.1, 0.15) is 11.4 Å². The lowest BCUT2D eigenvalue weighted by Gasteiger charge is -2.38. The van der Waals surface area contributed by atoms with Crippen molar-refractivity contribution >= 4 is 11.6 Å². The molecule has 1 fully saturated rings. The fourth-order valence-electron chi connectivity index (χ4n) is 2.03. The van der Waals surface area contributed by atoms with Gasteiger partial charge in [-0.15, -0.1) is 0 Å². The summed E-state index contributed by atoms with van der Waals surface area (Å²) < 4.78 is 0. The molecule has 2 rings (SSSR count). The van der Waals surface area contributed by atoms with E-state index in [4.69, 9.17) is 5.11 Å². The maximum absolute atomic E-state index is 11.9. The molecule has 0 unspecified atom stereocenters. The number of nitrogens with zero attached hydrogens (tertiary/aromatic N) is 2. The van der Waals surface area contributed by atoms with Gasteiger partial charge in [-0.2, -0.15) is 0 Å². The summed E-state index contributed by atoms with van der Waals surface area (Å²) in [6.45, 7) is 1.08. The Morgan fingerprint density at radius 2 is 2.06 bits per heavy atom. The molecule has 0 atom stereocenters. The number of carbonyl (C=O) groups is 1. The van der Waals surface area contributed by atoms with Gasteiger partial charge in [-0.3, -0.25) is 4.79 Å². The predicted molar refractivity (Wildman–Crippen MR) is 63.5 cm³/mol. The minimum Gasteiger partial charge on any atom is -0.506 e. The largest absolute Gasteiger partial charge is 0.506 e. The van der Waals surface area contributed by atoms with Crippen molar-refractivity contribution in [2.24, 2.45) is 0 Å². The van der Waals surface area contributed by atoms with Crippen LogP contribution in [-0.4, -0.2) is 40.8 Å². The highest BCUT2D eigenvalue weighted by Crippen LogP contribution is 2.30. The molecule has 0 spiro atoms. The molecule has 5 nitrogen and oxygen atoms in total. The van der Waals surface area contributed by atoms with Crippen LogP contribution in [0.2, 0.25) is 0 Å². The van der Waals surface area contributed by atoms with E-state index in [1.54, 1.807) is 29.3 Å². The van der Waals surface area contributed by atoms with Crippen molar-refractivity contribution in [1.29, 1.82) is 0 Å². The number of benzene rings is 1. The Kier molecular flexibility index (Phi) is 3.61. The third-order valence-corrected chi connectivity index (χ3v) is 2.79. The molecule has 1 aromatic rings. The van der Waals surface area contributed by atoms with Crippen LogP contribution in [-0.2, 0) is 4.79 Å². The molecule has 1 heterocycles. The number of phenolic OH excluding ortho intramolecular Hbond substituents is 1. The zero-order valence-corrected chi connectivity index (χ0v) is 9.54. The fourth-order valence-corrected chi connectivity index (χ4v) is 2.03. The van der Waals surface area contributed by atoms with E-state index in [-0.39, 0.29) is 18.3 Å². The van der Waals surface area contributed by atoms with Gasteiger partial charge < -0.3 is 10.2 Å². The Bertz CT molecular complexity index is 406. The van der Waals surface area contributed by atoms with Crippen molar-refractivity contribution < 1.29 is 15.0 Å². The molecule has 1 aliphatic heterocycles. The highest BCUT2D eigenvalue weighted by molar-refractivity contribution is 5.94. The smallest absolute Gasteiger partial charge is 0.241 e. The average molecular weight is 236 g/mol. The van der Waals surface area contributed by atoms with E-state index < -0.39 is 0 Å². The SMILES string of the molecule is O=C1CCCN(CCO)N1c1ccccc1O. The second-order valence-electron chi connectivity index (χ2n) is 3.98. The molecule has 0 bridgehead atoms. The van der Waals surface area contributed by atoms with Crippen LogP contribution in [0.1, 0.15) is 12.8 Å². The number of hydrazine groups is 1. The molecule has 17 heavy (non-hydrogen) atoms. The second kappa shape index (κ2) is 5.16. The fraction of sp³-hybridized carbons (Fsp3) is 0.417. The molecule has 5 heteroatoms. The summed E-state index contributed by atoms with van der Waals surface area (Å²) >= 11 is 0. The minimum atomic E-state index is -0.0498. The van der Waals surface area contributed by atoms with Gasteiger partial charge in [0.05, 0.1) is 6.61 Å². The zero-order chi connectivity index (χ0) is 12.3. The van der Waals surface area contributed by atoms with Crippen LogP contribution in [0.25, 0.3) is 0 Å². The van der Waals surface area contributed by atoms with Crippen molar-refractivity contribution in [3.05, 3.63) is 24.3 Å². The number of rotatable bonds is 3. The summed E-state index contributed by atoms with van der Waals surface area (Å²) in [7, 11) is 0. The Hall–Kier alpha value is -1.59. The number of β-amino-alcohol motifs (C(OH)–C–C–N with tert-alkyl or cyclic N) is 1. The van der Waals surface area contributed by atoms with Crippen LogP contribution >= 0.6 is 0 Å². The number of phenols is 1. The quantitative estimate of drug-likeness (QED) is 0.812. The van der Waals surface area contributed by atoms with Crippen LogP contribution < -0.4 is 5.01 Å². The molecular formula is C12H16N2O3. The number of aromatic hydroxyl groups is 1. The maximum atomic E-state index is 11.9. The van der Waals surface area contributed by atoms with E-state index >= 15 is 0 Å². The Morgan fingerprint density at radius 1 is 1.29 bits per heavy atom. The van der Waals surface area contributed by atoms with E-state index in [2.05, 4.69) is 0 Å². The van der Waals surface area contributed by atoms with Crippen LogP contribution in [0.3, 0.4) is 0 Å². The molecule has 2 N–H and O–H groups in total. The van der Waals surface area contributed by atoms with Gasteiger partial charge in [0.25, 0.3) is 0 Å². The summed E-state index contributed by atoms with van der Waals surface area (Å²) in [5.41, 5.74) is 0.477. The highest BCUT2D eigenvalue weighted by atomic mass is 16.3. The molecule has 0 radical (unpaired) electrons. The monoisotopic (exact) mass is 236 g/mol. The summed E-state index contributed by atoms with van der Waals surface area (Å²) in [5, 5.41) is 22.0. The molecule has 1 amide bonds. The van der Waals surface area contributed by atoms with Gasteiger partial charge in [-0.05, 0) is 18.6 Å². The van der Waals surface area contributed by atoms with Crippen molar-refractivity contribution in [2.75, 3.05) is 24.7 Å². The number of hydrogen-bond acceptors (Lipinski definition) is 4. The lowest BCUT2D eigenvalue weighted by molar-refractivity contribution is -0.124. The summed E-state index contributed by atoms with van der Waals surface area (Å²) in [6, 6.07) is 6.73. The van der Waals surface area contributed by atoms with Crippen molar-refractivity contribution in [1.82, 2.24) is 5.01 Å². The topological polar surface area (TPSA) is 64.0 Å². The van der Waals surface area contributed by atoms with Gasteiger partial charge in [0, 0.05) is 19.5 Å². The van der Waals surface area contributed by atoms with Crippen LogP contribution in [0.4, 0.5) is 5.69 Å². The Labute approximate surface area is 99.9 Å². The molecule has 1 saturated heterocycles. The van der Waals surface area contributed by atoms with Gasteiger partial charge in [0.15, 0.2) is 0 Å². The van der Waals surface area contributed by atoms with Crippen LogP contribution in [0.15, 0.2) is 24.3 Å². The van der Waals surface area contributed by atoms with E-state index in [1.807, 2.05) is 0 Å². The van der Waals surface area contributed by atoms with E-state index in [1.165, 1.54) is 5.01 Å². The molecule has 1 aromatic carbocycles.